The number of thioether (sulfide) groups is 1. The highest BCUT2D eigenvalue weighted by atomic mass is 32.2. The van der Waals surface area contributed by atoms with Gasteiger partial charge in [-0.3, -0.25) is 4.79 Å². The number of rotatable bonds is 5. The Bertz CT molecular complexity index is 475. The Hall–Kier alpha value is -1.50. The van der Waals surface area contributed by atoms with Crippen LogP contribution in [-0.4, -0.2) is 48.6 Å². The zero-order valence-corrected chi connectivity index (χ0v) is 12.4. The summed E-state index contributed by atoms with van der Waals surface area (Å²) < 4.78 is 1.82. The highest BCUT2D eigenvalue weighted by Crippen LogP contribution is 2.34. The molecule has 2 rings (SSSR count). The summed E-state index contributed by atoms with van der Waals surface area (Å²) in [4.78, 5) is 29.2. The van der Waals surface area contributed by atoms with Gasteiger partial charge in [0, 0.05) is 31.1 Å². The molecule has 0 saturated carbocycles. The number of carboxylic acids is 1. The van der Waals surface area contributed by atoms with Gasteiger partial charge in [-0.15, -0.1) is 11.8 Å². The third kappa shape index (κ3) is 3.15. The summed E-state index contributed by atoms with van der Waals surface area (Å²) in [5.41, 5.74) is 0. The van der Waals surface area contributed by atoms with E-state index in [0.29, 0.717) is 18.7 Å². The molecule has 1 fully saturated rings. The Morgan fingerprint density at radius 2 is 2.25 bits per heavy atom. The minimum Gasteiger partial charge on any atom is -0.480 e. The second-order valence-electron chi connectivity index (χ2n) is 5.17. The summed E-state index contributed by atoms with van der Waals surface area (Å²) in [5.74, 6) is -0.317. The molecular weight excluding hydrogens is 278 g/mol. The summed E-state index contributed by atoms with van der Waals surface area (Å²) in [6.07, 6.45) is 5.40. The highest BCUT2D eigenvalue weighted by molar-refractivity contribution is 8.00. The predicted octanol–water partition coefficient (Wildman–Crippen LogP) is 1.28. The highest BCUT2D eigenvalue weighted by Gasteiger charge is 2.42. The normalized spacial score (nSPS) is 22.4. The lowest BCUT2D eigenvalue weighted by Gasteiger charge is -2.29. The van der Waals surface area contributed by atoms with E-state index in [0.717, 1.165) is 0 Å². The zero-order chi connectivity index (χ0) is 14.7. The first-order valence-electron chi connectivity index (χ1n) is 6.62. The van der Waals surface area contributed by atoms with E-state index >= 15 is 0 Å². The van der Waals surface area contributed by atoms with Crippen molar-refractivity contribution in [3.8, 4) is 0 Å². The maximum absolute atomic E-state index is 12.4. The van der Waals surface area contributed by atoms with Gasteiger partial charge in [0.15, 0.2) is 0 Å². The van der Waals surface area contributed by atoms with E-state index in [4.69, 9.17) is 0 Å². The van der Waals surface area contributed by atoms with Crippen LogP contribution in [0, 0.1) is 5.92 Å². The molecule has 0 spiro atoms. The van der Waals surface area contributed by atoms with Crippen molar-refractivity contribution in [2.45, 2.75) is 38.2 Å². The average Bonchev–Trinajstić information content (AvgIpc) is 3.04. The predicted molar refractivity (Wildman–Crippen MR) is 76.2 cm³/mol. The fourth-order valence-electron chi connectivity index (χ4n) is 2.32. The Morgan fingerprint density at radius 1 is 1.50 bits per heavy atom. The molecule has 1 aliphatic rings. The van der Waals surface area contributed by atoms with Gasteiger partial charge in [-0.25, -0.2) is 9.78 Å². The molecule has 0 aromatic carbocycles. The SMILES string of the molecule is CC(C)C1SCC(C(=O)O)N1C(=O)CCn1ccnc1. The van der Waals surface area contributed by atoms with Gasteiger partial charge in [-0.2, -0.15) is 0 Å². The molecule has 1 aliphatic heterocycles. The van der Waals surface area contributed by atoms with Crippen LogP contribution in [0.5, 0.6) is 0 Å². The number of aliphatic carboxylic acids is 1. The fourth-order valence-corrected chi connectivity index (χ4v) is 3.81. The van der Waals surface area contributed by atoms with E-state index in [1.807, 2.05) is 18.4 Å². The van der Waals surface area contributed by atoms with Crippen molar-refractivity contribution in [1.29, 1.82) is 0 Å². The zero-order valence-electron chi connectivity index (χ0n) is 11.6. The summed E-state index contributed by atoms with van der Waals surface area (Å²) in [7, 11) is 0. The van der Waals surface area contributed by atoms with Gasteiger partial charge in [-0.05, 0) is 5.92 Å². The van der Waals surface area contributed by atoms with Gasteiger partial charge in [-0.1, -0.05) is 13.8 Å². The van der Waals surface area contributed by atoms with Crippen LogP contribution < -0.4 is 0 Å². The third-order valence-corrected chi connectivity index (χ3v) is 4.94. The molecule has 7 heteroatoms. The molecule has 6 nitrogen and oxygen atoms in total. The van der Waals surface area contributed by atoms with Crippen LogP contribution in [0.2, 0.25) is 0 Å². The first kappa shape index (κ1) is 14.9. The molecule has 1 N–H and O–H groups in total. The van der Waals surface area contributed by atoms with Gasteiger partial charge in [0.2, 0.25) is 5.91 Å². The third-order valence-electron chi connectivity index (χ3n) is 3.32. The van der Waals surface area contributed by atoms with E-state index in [2.05, 4.69) is 4.98 Å². The van der Waals surface area contributed by atoms with Crippen LogP contribution in [0.4, 0.5) is 0 Å². The number of nitrogens with zero attached hydrogens (tertiary/aromatic N) is 3. The molecule has 1 amide bonds. The van der Waals surface area contributed by atoms with Crippen LogP contribution in [0.3, 0.4) is 0 Å². The maximum Gasteiger partial charge on any atom is 0.327 e. The fraction of sp³-hybridized carbons (Fsp3) is 0.615. The molecule has 0 bridgehead atoms. The van der Waals surface area contributed by atoms with E-state index in [1.165, 1.54) is 0 Å². The Labute approximate surface area is 122 Å². The van der Waals surface area contributed by atoms with Crippen LogP contribution in [-0.2, 0) is 16.1 Å². The van der Waals surface area contributed by atoms with Gasteiger partial charge < -0.3 is 14.6 Å². The lowest BCUT2D eigenvalue weighted by Crippen LogP contribution is -2.47. The topological polar surface area (TPSA) is 75.4 Å². The second-order valence-corrected chi connectivity index (χ2v) is 6.32. The van der Waals surface area contributed by atoms with Crippen LogP contribution in [0.15, 0.2) is 18.7 Å². The largest absolute Gasteiger partial charge is 0.480 e. The minimum absolute atomic E-state index is 0.0496. The van der Waals surface area contributed by atoms with Gasteiger partial charge in [0.05, 0.1) is 11.7 Å². The van der Waals surface area contributed by atoms with Crippen molar-refractivity contribution in [2.75, 3.05) is 5.75 Å². The molecule has 1 aromatic rings. The Balaban J connectivity index is 2.04. The van der Waals surface area contributed by atoms with E-state index in [9.17, 15) is 14.7 Å². The summed E-state index contributed by atoms with van der Waals surface area (Å²) >= 11 is 1.55. The first-order valence-corrected chi connectivity index (χ1v) is 7.67. The second kappa shape index (κ2) is 6.30. The number of carboxylic acid groups (broad SMARTS) is 1. The first-order chi connectivity index (χ1) is 9.50. The monoisotopic (exact) mass is 297 g/mol. The number of hydrogen-bond acceptors (Lipinski definition) is 4. The molecule has 20 heavy (non-hydrogen) atoms. The number of hydrogen-bond donors (Lipinski definition) is 1. The van der Waals surface area contributed by atoms with Crippen molar-refractivity contribution in [3.63, 3.8) is 0 Å². The van der Waals surface area contributed by atoms with Gasteiger partial charge >= 0.3 is 5.97 Å². The van der Waals surface area contributed by atoms with Crippen molar-refractivity contribution in [1.82, 2.24) is 14.5 Å². The standard InChI is InChI=1S/C13H19N3O3S/c1-9(2)12-16(10(7-20-12)13(18)19)11(17)3-5-15-6-4-14-8-15/h4,6,8-10,12H,3,5,7H2,1-2H3,(H,18,19). The molecule has 2 unspecified atom stereocenters. The average molecular weight is 297 g/mol. The number of amides is 1. The molecule has 0 radical (unpaired) electrons. The number of imidazole rings is 1. The van der Waals surface area contributed by atoms with Crippen LogP contribution >= 0.6 is 11.8 Å². The Kier molecular flexibility index (Phi) is 4.69. The van der Waals surface area contributed by atoms with Crippen molar-refractivity contribution < 1.29 is 14.7 Å². The van der Waals surface area contributed by atoms with E-state index < -0.39 is 12.0 Å². The van der Waals surface area contributed by atoms with Gasteiger partial charge in [0.25, 0.3) is 0 Å². The van der Waals surface area contributed by atoms with Crippen LogP contribution in [0.25, 0.3) is 0 Å². The molecule has 2 heterocycles. The van der Waals surface area contributed by atoms with Crippen molar-refractivity contribution in [2.24, 2.45) is 5.92 Å². The molecular formula is C13H19N3O3S. The number of carbonyl (C=O) groups is 2. The minimum atomic E-state index is -0.920. The van der Waals surface area contributed by atoms with Crippen LogP contribution in [0.1, 0.15) is 20.3 Å². The molecule has 0 aliphatic carbocycles. The quantitative estimate of drug-likeness (QED) is 0.886. The lowest BCUT2D eigenvalue weighted by atomic mass is 10.1. The molecule has 110 valence electrons. The number of aryl methyl sites for hydroxylation is 1. The summed E-state index contributed by atoms with van der Waals surface area (Å²) in [6, 6.07) is -0.706. The maximum atomic E-state index is 12.4. The van der Waals surface area contributed by atoms with Crippen molar-refractivity contribution >= 4 is 23.6 Å². The van der Waals surface area contributed by atoms with Crippen molar-refractivity contribution in [3.05, 3.63) is 18.7 Å². The molecule has 1 saturated heterocycles. The number of carbonyl (C=O) groups excluding carboxylic acids is 1. The van der Waals surface area contributed by atoms with E-state index in [1.54, 1.807) is 35.4 Å². The Morgan fingerprint density at radius 3 is 2.80 bits per heavy atom. The smallest absolute Gasteiger partial charge is 0.327 e. The molecule has 1 aromatic heterocycles. The van der Waals surface area contributed by atoms with E-state index in [-0.39, 0.29) is 17.2 Å². The number of aromatic nitrogens is 2. The lowest BCUT2D eigenvalue weighted by molar-refractivity contribution is -0.149. The summed E-state index contributed by atoms with van der Waals surface area (Å²) in [6.45, 7) is 4.55. The van der Waals surface area contributed by atoms with Gasteiger partial charge in [0.1, 0.15) is 6.04 Å². The summed E-state index contributed by atoms with van der Waals surface area (Å²) in [5, 5.41) is 9.21. The molecule has 2 atom stereocenters.